The van der Waals surface area contributed by atoms with Crippen molar-refractivity contribution >= 4 is 0 Å². The van der Waals surface area contributed by atoms with Crippen molar-refractivity contribution in [3.8, 4) is 18.2 Å². The fourth-order valence-corrected chi connectivity index (χ4v) is 2.69. The number of hydrogen-bond acceptors (Lipinski definition) is 3. The van der Waals surface area contributed by atoms with Gasteiger partial charge in [-0.15, -0.1) is 0 Å². The largest absolute Gasteiger partial charge is 0.265 e. The summed E-state index contributed by atoms with van der Waals surface area (Å²) in [6, 6.07) is 5.66. The molecule has 0 amide bonds. The topological polar surface area (TPSA) is 75.7 Å². The third-order valence-corrected chi connectivity index (χ3v) is 3.70. The molecule has 0 saturated heterocycles. The summed E-state index contributed by atoms with van der Waals surface area (Å²) < 4.78 is 0. The van der Waals surface area contributed by atoms with E-state index in [2.05, 4.69) is 11.8 Å². The van der Waals surface area contributed by atoms with Crippen molar-refractivity contribution in [2.75, 3.05) is 0 Å². The molecule has 2 atom stereocenters. The van der Waals surface area contributed by atoms with E-state index in [9.17, 15) is 0 Å². The Morgan fingerprint density at radius 2 is 1.79 bits per heavy atom. The molecule has 0 spiro atoms. The predicted molar refractivity (Wildman–Crippen MR) is 69.7 cm³/mol. The van der Waals surface area contributed by atoms with Gasteiger partial charge in [-0.05, 0) is 36.3 Å². The van der Waals surface area contributed by atoms with Crippen molar-refractivity contribution in [1.29, 1.82) is 15.8 Å². The van der Waals surface area contributed by atoms with Gasteiger partial charge in [0, 0.05) is 0 Å². The second-order valence-corrected chi connectivity index (χ2v) is 4.72. The van der Waals surface area contributed by atoms with Crippen LogP contribution in [-0.2, 0) is 0 Å². The molecular formula is C15H14N4. The first kappa shape index (κ1) is 14.5. The Kier molecular flexibility index (Phi) is 4.88. The molecule has 0 aromatic rings. The zero-order valence-corrected chi connectivity index (χ0v) is 11.1. The Balaban J connectivity index is 3.50. The minimum absolute atomic E-state index is 0.0305. The molecule has 1 aliphatic carbocycles. The molecule has 0 heterocycles. The van der Waals surface area contributed by atoms with E-state index in [0.717, 1.165) is 19.3 Å². The van der Waals surface area contributed by atoms with Crippen LogP contribution in [0.1, 0.15) is 33.1 Å². The lowest BCUT2D eigenvalue weighted by Crippen LogP contribution is -2.11. The summed E-state index contributed by atoms with van der Waals surface area (Å²) >= 11 is 0. The zero-order chi connectivity index (χ0) is 14.4. The molecular weight excluding hydrogens is 236 g/mol. The van der Waals surface area contributed by atoms with Gasteiger partial charge >= 0.3 is 0 Å². The van der Waals surface area contributed by atoms with Crippen LogP contribution in [0.5, 0.6) is 0 Å². The maximum absolute atomic E-state index is 9.11. The highest BCUT2D eigenvalue weighted by molar-refractivity contribution is 5.54. The normalized spacial score (nSPS) is 22.2. The van der Waals surface area contributed by atoms with Crippen molar-refractivity contribution in [2.45, 2.75) is 33.1 Å². The molecule has 0 bridgehead atoms. The lowest BCUT2D eigenvalue weighted by Gasteiger charge is -2.20. The van der Waals surface area contributed by atoms with E-state index in [4.69, 9.17) is 22.4 Å². The van der Waals surface area contributed by atoms with Crippen molar-refractivity contribution in [3.05, 3.63) is 33.8 Å². The second-order valence-electron chi connectivity index (χ2n) is 4.72. The molecule has 1 saturated carbocycles. The standard InChI is InChI=1S/C15H14N4/c1-10-5-4-6-13(10)15(12(7-16)8-17)11(2)14(9-18)19-3/h10,13H,4-6H2,1-2H3/b14-11+. The van der Waals surface area contributed by atoms with Gasteiger partial charge in [-0.25, -0.2) is 10.1 Å². The van der Waals surface area contributed by atoms with Gasteiger partial charge in [-0.2, -0.15) is 10.5 Å². The smallest absolute Gasteiger partial charge is 0.226 e. The molecule has 4 nitrogen and oxygen atoms in total. The van der Waals surface area contributed by atoms with Crippen LogP contribution in [0, 0.1) is 52.4 Å². The Morgan fingerprint density at radius 3 is 2.16 bits per heavy atom. The SMILES string of the molecule is [C-]#[N+]/C(C#N)=C(\C)C(=C(C#N)C#N)C1CCCC1C. The first-order valence-corrected chi connectivity index (χ1v) is 6.13. The molecule has 94 valence electrons. The average molecular weight is 250 g/mol. The van der Waals surface area contributed by atoms with Gasteiger partial charge in [-0.3, -0.25) is 0 Å². The molecule has 0 N–H and O–H groups in total. The number of allylic oxidation sites excluding steroid dienone is 4. The van der Waals surface area contributed by atoms with E-state index in [-0.39, 0.29) is 17.2 Å². The van der Waals surface area contributed by atoms with E-state index in [1.54, 1.807) is 6.92 Å². The molecule has 2 unspecified atom stereocenters. The van der Waals surface area contributed by atoms with Crippen molar-refractivity contribution in [1.82, 2.24) is 0 Å². The van der Waals surface area contributed by atoms with Gasteiger partial charge in [0.05, 0.1) is 12.6 Å². The van der Waals surface area contributed by atoms with Gasteiger partial charge in [0.15, 0.2) is 0 Å². The number of nitrogens with zero attached hydrogens (tertiary/aromatic N) is 4. The predicted octanol–water partition coefficient (Wildman–Crippen LogP) is 3.48. The molecule has 1 aliphatic rings. The van der Waals surface area contributed by atoms with E-state index in [0.29, 0.717) is 17.1 Å². The van der Waals surface area contributed by atoms with Crippen molar-refractivity contribution in [2.24, 2.45) is 11.8 Å². The van der Waals surface area contributed by atoms with Crippen LogP contribution in [-0.4, -0.2) is 0 Å². The van der Waals surface area contributed by atoms with Crippen LogP contribution < -0.4 is 0 Å². The molecule has 1 fully saturated rings. The highest BCUT2D eigenvalue weighted by Crippen LogP contribution is 2.41. The van der Waals surface area contributed by atoms with Gasteiger partial charge in [0.2, 0.25) is 0 Å². The Hall–Kier alpha value is -2.56. The first-order valence-electron chi connectivity index (χ1n) is 6.13. The molecule has 0 aromatic carbocycles. The summed E-state index contributed by atoms with van der Waals surface area (Å²) in [5.41, 5.74) is 1.08. The zero-order valence-electron chi connectivity index (χ0n) is 11.1. The molecule has 0 radical (unpaired) electrons. The summed E-state index contributed by atoms with van der Waals surface area (Å²) in [6.07, 6.45) is 3.00. The molecule has 19 heavy (non-hydrogen) atoms. The van der Waals surface area contributed by atoms with Crippen LogP contribution in [0.25, 0.3) is 4.85 Å². The summed E-state index contributed by atoms with van der Waals surface area (Å²) in [6.45, 7) is 10.8. The number of hydrogen-bond donors (Lipinski definition) is 0. The first-order chi connectivity index (χ1) is 9.10. The average Bonchev–Trinajstić information content (AvgIpc) is 2.83. The lowest BCUT2D eigenvalue weighted by molar-refractivity contribution is 0.482. The summed E-state index contributed by atoms with van der Waals surface area (Å²) in [7, 11) is 0. The van der Waals surface area contributed by atoms with Crippen LogP contribution in [0.15, 0.2) is 22.4 Å². The monoisotopic (exact) mass is 250 g/mol. The van der Waals surface area contributed by atoms with Gasteiger partial charge in [-0.1, -0.05) is 19.8 Å². The van der Waals surface area contributed by atoms with Crippen molar-refractivity contribution in [3.63, 3.8) is 0 Å². The van der Waals surface area contributed by atoms with Crippen molar-refractivity contribution < 1.29 is 0 Å². The fraction of sp³-hybridized carbons (Fsp3) is 0.467. The Labute approximate surface area is 113 Å². The highest BCUT2D eigenvalue weighted by Gasteiger charge is 2.30. The van der Waals surface area contributed by atoms with Gasteiger partial charge < -0.3 is 0 Å². The van der Waals surface area contributed by atoms with Crippen LogP contribution in [0.2, 0.25) is 0 Å². The second kappa shape index (κ2) is 6.39. The fourth-order valence-electron chi connectivity index (χ4n) is 2.69. The molecule has 0 aliphatic heterocycles. The molecule has 0 aromatic heterocycles. The van der Waals surface area contributed by atoms with Crippen LogP contribution in [0.4, 0.5) is 0 Å². The maximum atomic E-state index is 9.11. The highest BCUT2D eigenvalue weighted by atomic mass is 14.7. The summed E-state index contributed by atoms with van der Waals surface area (Å²) in [5.74, 6) is 0.465. The van der Waals surface area contributed by atoms with Crippen LogP contribution >= 0.6 is 0 Å². The Bertz CT molecular complexity index is 564. The Morgan fingerprint density at radius 1 is 1.16 bits per heavy atom. The number of nitriles is 3. The van der Waals surface area contributed by atoms with E-state index < -0.39 is 0 Å². The van der Waals surface area contributed by atoms with E-state index in [1.165, 1.54) is 0 Å². The molecule has 4 heteroatoms. The van der Waals surface area contributed by atoms with E-state index in [1.807, 2.05) is 18.2 Å². The maximum Gasteiger partial charge on any atom is 0.265 e. The molecule has 1 rings (SSSR count). The van der Waals surface area contributed by atoms with Gasteiger partial charge in [0.25, 0.3) is 5.70 Å². The number of rotatable bonds is 2. The van der Waals surface area contributed by atoms with Crippen LogP contribution in [0.3, 0.4) is 0 Å². The third kappa shape index (κ3) is 2.82. The summed E-state index contributed by atoms with van der Waals surface area (Å²) in [4.78, 5) is 3.19. The minimum atomic E-state index is -0.0305. The third-order valence-electron chi connectivity index (χ3n) is 3.70. The lowest BCUT2D eigenvalue weighted by atomic mass is 9.82. The quantitative estimate of drug-likeness (QED) is 0.427. The minimum Gasteiger partial charge on any atom is -0.226 e. The van der Waals surface area contributed by atoms with Gasteiger partial charge in [0.1, 0.15) is 17.7 Å². The van der Waals surface area contributed by atoms with E-state index >= 15 is 0 Å². The summed E-state index contributed by atoms with van der Waals surface area (Å²) in [5, 5.41) is 27.2.